The number of hydrogen-bond acceptors (Lipinski definition) is 5. The Hall–Kier alpha value is -1.67. The van der Waals surface area contributed by atoms with Crippen LogP contribution in [0.25, 0.3) is 10.2 Å². The molecule has 0 saturated carbocycles. The predicted molar refractivity (Wildman–Crippen MR) is 113 cm³/mol. The van der Waals surface area contributed by atoms with Gasteiger partial charge in [-0.05, 0) is 56.0 Å². The van der Waals surface area contributed by atoms with Crippen LogP contribution in [0.1, 0.15) is 24.0 Å². The van der Waals surface area contributed by atoms with E-state index >= 15 is 0 Å². The first-order valence-corrected chi connectivity index (χ1v) is 11.8. The monoisotopic (exact) mass is 436 g/mol. The largest absolute Gasteiger partial charge is 0.467 e. The molecule has 1 saturated heterocycles. The smallest absolute Gasteiger partial charge is 0.274 e. The molecule has 2 heterocycles. The van der Waals surface area contributed by atoms with Crippen molar-refractivity contribution in [1.82, 2.24) is 9.29 Å². The van der Waals surface area contributed by atoms with Gasteiger partial charge in [0.2, 0.25) is 10.0 Å². The number of aromatic nitrogens is 1. The molecule has 0 amide bonds. The molecule has 0 bridgehead atoms. The summed E-state index contributed by atoms with van der Waals surface area (Å²) in [7, 11) is -3.53. The van der Waals surface area contributed by atoms with Gasteiger partial charge in [-0.3, -0.25) is 0 Å². The Morgan fingerprint density at radius 2 is 1.86 bits per heavy atom. The van der Waals surface area contributed by atoms with E-state index in [0.29, 0.717) is 36.1 Å². The van der Waals surface area contributed by atoms with Crippen molar-refractivity contribution in [2.24, 2.45) is 0 Å². The number of rotatable bonds is 4. The topological polar surface area (TPSA) is 59.5 Å². The Kier molecular flexibility index (Phi) is 5.35. The highest BCUT2D eigenvalue weighted by atomic mass is 35.5. The average Bonchev–Trinajstić information content (AvgIpc) is 3.10. The lowest BCUT2D eigenvalue weighted by Gasteiger charge is -2.30. The molecular weight excluding hydrogens is 416 g/mol. The van der Waals surface area contributed by atoms with E-state index in [0.717, 1.165) is 15.8 Å². The maximum Gasteiger partial charge on any atom is 0.274 e. The van der Waals surface area contributed by atoms with Gasteiger partial charge in [0.15, 0.2) is 0 Å². The van der Waals surface area contributed by atoms with Gasteiger partial charge in [-0.2, -0.15) is 4.31 Å². The molecule has 5 nitrogen and oxygen atoms in total. The molecule has 0 N–H and O–H groups in total. The van der Waals surface area contributed by atoms with E-state index < -0.39 is 10.0 Å². The van der Waals surface area contributed by atoms with Crippen LogP contribution in [0.2, 0.25) is 5.02 Å². The molecule has 1 aliphatic heterocycles. The fraction of sp³-hybridized carbons (Fsp3) is 0.350. The molecule has 4 rings (SSSR count). The zero-order valence-electron chi connectivity index (χ0n) is 15.7. The fourth-order valence-electron chi connectivity index (χ4n) is 3.40. The number of fused-ring (bicyclic) bond motifs is 1. The zero-order chi connectivity index (χ0) is 19.9. The number of piperidine rings is 1. The van der Waals surface area contributed by atoms with Crippen LogP contribution in [0, 0.1) is 13.8 Å². The Morgan fingerprint density at radius 1 is 1.14 bits per heavy atom. The summed E-state index contributed by atoms with van der Waals surface area (Å²) in [6, 6.07) is 10.6. The van der Waals surface area contributed by atoms with E-state index in [4.69, 9.17) is 16.3 Å². The van der Waals surface area contributed by atoms with E-state index in [-0.39, 0.29) is 11.0 Å². The first-order chi connectivity index (χ1) is 13.3. The van der Waals surface area contributed by atoms with Crippen molar-refractivity contribution in [3.05, 3.63) is 52.5 Å². The molecule has 1 aromatic heterocycles. The first kappa shape index (κ1) is 19.6. The number of nitrogens with zero attached hydrogens (tertiary/aromatic N) is 2. The number of hydrogen-bond donors (Lipinski definition) is 0. The molecule has 0 atom stereocenters. The molecule has 3 aromatic rings. The third kappa shape index (κ3) is 3.76. The summed E-state index contributed by atoms with van der Waals surface area (Å²) in [5, 5.41) is 1.07. The van der Waals surface area contributed by atoms with E-state index in [1.54, 1.807) is 29.5 Å². The molecule has 0 spiro atoms. The minimum Gasteiger partial charge on any atom is -0.467 e. The fourth-order valence-corrected chi connectivity index (χ4v) is 6.20. The summed E-state index contributed by atoms with van der Waals surface area (Å²) in [5.74, 6) is 0. The van der Waals surface area contributed by atoms with Gasteiger partial charge in [-0.1, -0.05) is 41.1 Å². The second-order valence-electron chi connectivity index (χ2n) is 7.04. The van der Waals surface area contributed by atoms with Crippen LogP contribution in [0.4, 0.5) is 0 Å². The van der Waals surface area contributed by atoms with Crippen molar-refractivity contribution in [2.75, 3.05) is 13.1 Å². The van der Waals surface area contributed by atoms with Crippen LogP contribution in [-0.2, 0) is 10.0 Å². The highest BCUT2D eigenvalue weighted by Gasteiger charge is 2.30. The molecule has 148 valence electrons. The maximum atomic E-state index is 12.8. The molecule has 2 aromatic carbocycles. The van der Waals surface area contributed by atoms with Gasteiger partial charge < -0.3 is 4.74 Å². The molecule has 1 fully saturated rings. The number of ether oxygens (including phenoxy) is 1. The molecule has 0 unspecified atom stereocenters. The van der Waals surface area contributed by atoms with Crippen molar-refractivity contribution < 1.29 is 13.2 Å². The SMILES string of the molecule is Cc1ccc(C)c2sc(OC3CCN(S(=O)(=O)c4cccc(Cl)c4)CC3)nc12. The number of aryl methyl sites for hydroxylation is 2. The van der Waals surface area contributed by atoms with Crippen molar-refractivity contribution in [3.63, 3.8) is 0 Å². The van der Waals surface area contributed by atoms with Crippen LogP contribution in [0.5, 0.6) is 5.19 Å². The molecule has 1 aliphatic rings. The van der Waals surface area contributed by atoms with Crippen molar-refractivity contribution in [1.29, 1.82) is 0 Å². The summed E-state index contributed by atoms with van der Waals surface area (Å²) in [5.41, 5.74) is 3.31. The highest BCUT2D eigenvalue weighted by molar-refractivity contribution is 7.89. The Labute approximate surface area is 174 Å². The summed E-state index contributed by atoms with van der Waals surface area (Å²) in [6.07, 6.45) is 1.23. The second-order valence-corrected chi connectivity index (χ2v) is 10.4. The normalized spacial score (nSPS) is 16.5. The summed E-state index contributed by atoms with van der Waals surface area (Å²) < 4.78 is 34.4. The van der Waals surface area contributed by atoms with Crippen LogP contribution >= 0.6 is 22.9 Å². The minimum atomic E-state index is -3.53. The third-order valence-corrected chi connectivity index (χ3v) is 8.24. The van der Waals surface area contributed by atoms with Gasteiger partial charge in [0.25, 0.3) is 5.19 Å². The number of thiazole rings is 1. The quantitative estimate of drug-likeness (QED) is 0.589. The van der Waals surface area contributed by atoms with Gasteiger partial charge in [0.05, 0.1) is 15.1 Å². The van der Waals surface area contributed by atoms with Crippen LogP contribution in [-0.4, -0.2) is 36.9 Å². The van der Waals surface area contributed by atoms with E-state index in [1.165, 1.54) is 15.9 Å². The van der Waals surface area contributed by atoms with Crippen LogP contribution < -0.4 is 4.74 Å². The second kappa shape index (κ2) is 7.63. The van der Waals surface area contributed by atoms with Gasteiger partial charge >= 0.3 is 0 Å². The van der Waals surface area contributed by atoms with E-state index in [1.807, 2.05) is 6.92 Å². The van der Waals surface area contributed by atoms with Gasteiger partial charge in [-0.15, -0.1) is 0 Å². The maximum absolute atomic E-state index is 12.8. The number of halogens is 1. The lowest BCUT2D eigenvalue weighted by Crippen LogP contribution is -2.41. The van der Waals surface area contributed by atoms with Crippen LogP contribution in [0.3, 0.4) is 0 Å². The van der Waals surface area contributed by atoms with Crippen molar-refractivity contribution >= 4 is 43.2 Å². The van der Waals surface area contributed by atoms with Gasteiger partial charge in [0.1, 0.15) is 6.10 Å². The standard InChI is InChI=1S/C20H21ClN2O3S2/c1-13-6-7-14(2)19-18(13)22-20(27-19)26-16-8-10-23(11-9-16)28(24,25)17-5-3-4-15(21)12-17/h3-7,12,16H,8-11H2,1-2H3. The highest BCUT2D eigenvalue weighted by Crippen LogP contribution is 2.34. The van der Waals surface area contributed by atoms with Crippen LogP contribution in [0.15, 0.2) is 41.3 Å². The molecule has 0 radical (unpaired) electrons. The summed E-state index contributed by atoms with van der Waals surface area (Å²) in [4.78, 5) is 4.87. The number of benzene rings is 2. The molecular formula is C20H21ClN2O3S2. The minimum absolute atomic E-state index is 0.0352. The van der Waals surface area contributed by atoms with Crippen molar-refractivity contribution in [2.45, 2.75) is 37.7 Å². The van der Waals surface area contributed by atoms with Gasteiger partial charge in [0, 0.05) is 18.1 Å². The Bertz CT molecular complexity index is 1080. The summed E-state index contributed by atoms with van der Waals surface area (Å²) >= 11 is 7.51. The third-order valence-electron chi connectivity index (χ3n) is 5.02. The Balaban J connectivity index is 1.45. The van der Waals surface area contributed by atoms with Crippen molar-refractivity contribution in [3.8, 4) is 5.19 Å². The molecule has 0 aliphatic carbocycles. The predicted octanol–water partition coefficient (Wildman–Crippen LogP) is 4.80. The average molecular weight is 437 g/mol. The molecule has 8 heteroatoms. The first-order valence-electron chi connectivity index (χ1n) is 9.14. The lowest BCUT2D eigenvalue weighted by molar-refractivity contribution is 0.135. The molecule has 28 heavy (non-hydrogen) atoms. The number of sulfonamides is 1. The van der Waals surface area contributed by atoms with E-state index in [2.05, 4.69) is 24.0 Å². The lowest BCUT2D eigenvalue weighted by atomic mass is 10.1. The zero-order valence-corrected chi connectivity index (χ0v) is 18.1. The van der Waals surface area contributed by atoms with Gasteiger partial charge in [-0.25, -0.2) is 13.4 Å². The summed E-state index contributed by atoms with van der Waals surface area (Å²) in [6.45, 7) is 4.96. The van der Waals surface area contributed by atoms with E-state index in [9.17, 15) is 8.42 Å². The Morgan fingerprint density at radius 3 is 2.54 bits per heavy atom.